The van der Waals surface area contributed by atoms with Crippen LogP contribution in [0.15, 0.2) is 40.1 Å². The van der Waals surface area contributed by atoms with Crippen molar-refractivity contribution in [2.75, 3.05) is 21.5 Å². The van der Waals surface area contributed by atoms with E-state index < -0.39 is 19.9 Å². The van der Waals surface area contributed by atoms with Crippen LogP contribution in [0.4, 0.5) is 11.5 Å². The third-order valence-electron chi connectivity index (χ3n) is 3.36. The number of anilines is 2. The fraction of sp³-hybridized carbons (Fsp3) is 0.308. The molecule has 0 aliphatic carbocycles. The maximum Gasteiger partial charge on any atom is 0.271 e. The van der Waals surface area contributed by atoms with Crippen molar-refractivity contribution in [3.63, 3.8) is 0 Å². The second-order valence-electron chi connectivity index (χ2n) is 5.21. The molecule has 124 valence electrons. The van der Waals surface area contributed by atoms with Gasteiger partial charge in [0.05, 0.1) is 23.4 Å². The van der Waals surface area contributed by atoms with Gasteiger partial charge in [0.25, 0.3) is 10.0 Å². The maximum absolute atomic E-state index is 12.1. The highest BCUT2D eigenvalue weighted by Crippen LogP contribution is 2.21. The van der Waals surface area contributed by atoms with Crippen molar-refractivity contribution in [2.24, 2.45) is 0 Å². The number of hydrogen-bond donors (Lipinski definition) is 2. The summed E-state index contributed by atoms with van der Waals surface area (Å²) >= 11 is 1.13. The van der Waals surface area contributed by atoms with E-state index in [0.717, 1.165) is 11.3 Å². The highest BCUT2D eigenvalue weighted by molar-refractivity contribution is 7.94. The summed E-state index contributed by atoms with van der Waals surface area (Å²) in [5.41, 5.74) is 0.350. The number of thiophene rings is 1. The number of sulfone groups is 1. The van der Waals surface area contributed by atoms with E-state index in [0.29, 0.717) is 17.9 Å². The zero-order valence-electron chi connectivity index (χ0n) is 12.0. The summed E-state index contributed by atoms with van der Waals surface area (Å²) in [5.74, 6) is 0.802. The lowest BCUT2D eigenvalue weighted by Crippen LogP contribution is -2.21. The Bertz CT molecular complexity index is 875. The average Bonchev–Trinajstić information content (AvgIpc) is 3.11. The molecule has 2 aromatic heterocycles. The lowest BCUT2D eigenvalue weighted by Gasteiger charge is -2.12. The standard InChI is InChI=1S/C13H15N3O4S3/c17-22(18)7-5-11(9-22)15-12-4-3-10(8-14-12)16-23(19,20)13-2-1-6-21-13/h1-4,6,8,11,16H,5,7,9H2,(H,14,15). The maximum atomic E-state index is 12.1. The predicted octanol–water partition coefficient (Wildman–Crippen LogP) is 1.54. The van der Waals surface area contributed by atoms with Crippen LogP contribution in [-0.2, 0) is 19.9 Å². The molecular weight excluding hydrogens is 358 g/mol. The molecule has 3 rings (SSSR count). The molecule has 0 spiro atoms. The molecule has 1 fully saturated rings. The SMILES string of the molecule is O=S1(=O)CCC(Nc2ccc(NS(=O)(=O)c3cccs3)cn2)C1. The van der Waals surface area contributed by atoms with Crippen LogP contribution in [0.2, 0.25) is 0 Å². The van der Waals surface area contributed by atoms with Crippen molar-refractivity contribution in [3.05, 3.63) is 35.8 Å². The Kier molecular flexibility index (Phi) is 4.30. The van der Waals surface area contributed by atoms with Crippen molar-refractivity contribution in [1.29, 1.82) is 0 Å². The molecule has 1 unspecified atom stereocenters. The molecule has 0 bridgehead atoms. The van der Waals surface area contributed by atoms with E-state index in [-0.39, 0.29) is 21.8 Å². The smallest absolute Gasteiger partial charge is 0.271 e. The van der Waals surface area contributed by atoms with Gasteiger partial charge in [0, 0.05) is 6.04 Å². The van der Waals surface area contributed by atoms with E-state index in [4.69, 9.17) is 0 Å². The highest BCUT2D eigenvalue weighted by Gasteiger charge is 2.27. The van der Waals surface area contributed by atoms with Gasteiger partial charge in [-0.3, -0.25) is 4.72 Å². The molecule has 0 radical (unpaired) electrons. The lowest BCUT2D eigenvalue weighted by molar-refractivity contribution is 0.600. The summed E-state index contributed by atoms with van der Waals surface area (Å²) in [6.45, 7) is 0. The minimum absolute atomic E-state index is 0.0986. The van der Waals surface area contributed by atoms with E-state index in [1.807, 2.05) is 0 Å². The number of nitrogens with zero attached hydrogens (tertiary/aromatic N) is 1. The van der Waals surface area contributed by atoms with E-state index in [2.05, 4.69) is 15.0 Å². The minimum atomic E-state index is -3.59. The molecule has 0 aromatic carbocycles. The molecule has 1 aliphatic rings. The van der Waals surface area contributed by atoms with Crippen molar-refractivity contribution in [3.8, 4) is 0 Å². The van der Waals surface area contributed by atoms with Crippen LogP contribution in [0.5, 0.6) is 0 Å². The van der Waals surface area contributed by atoms with Gasteiger partial charge in [-0.1, -0.05) is 6.07 Å². The van der Waals surface area contributed by atoms with Gasteiger partial charge >= 0.3 is 0 Å². The summed E-state index contributed by atoms with van der Waals surface area (Å²) in [4.78, 5) is 4.13. The van der Waals surface area contributed by atoms with Crippen molar-refractivity contribution < 1.29 is 16.8 Å². The van der Waals surface area contributed by atoms with Gasteiger partial charge in [0.1, 0.15) is 10.0 Å². The van der Waals surface area contributed by atoms with E-state index in [1.165, 1.54) is 12.3 Å². The van der Waals surface area contributed by atoms with Crippen molar-refractivity contribution in [2.45, 2.75) is 16.7 Å². The minimum Gasteiger partial charge on any atom is -0.366 e. The molecule has 2 aromatic rings. The number of sulfonamides is 1. The zero-order valence-corrected chi connectivity index (χ0v) is 14.4. The molecule has 1 atom stereocenters. The molecule has 10 heteroatoms. The summed E-state index contributed by atoms with van der Waals surface area (Å²) in [7, 11) is -6.55. The van der Waals surface area contributed by atoms with Gasteiger partial charge in [-0.15, -0.1) is 11.3 Å². The average molecular weight is 373 g/mol. The molecule has 3 heterocycles. The third kappa shape index (κ3) is 4.01. The van der Waals surface area contributed by atoms with Crippen LogP contribution < -0.4 is 10.0 Å². The van der Waals surface area contributed by atoms with Crippen LogP contribution in [0.25, 0.3) is 0 Å². The van der Waals surface area contributed by atoms with Crippen LogP contribution in [0.1, 0.15) is 6.42 Å². The van der Waals surface area contributed by atoms with Crippen LogP contribution in [0.3, 0.4) is 0 Å². The Morgan fingerprint density at radius 3 is 2.65 bits per heavy atom. The van der Waals surface area contributed by atoms with Gasteiger partial charge in [-0.05, 0) is 30.0 Å². The molecular formula is C13H15N3O4S3. The molecule has 23 heavy (non-hydrogen) atoms. The molecule has 0 saturated carbocycles. The molecule has 1 aliphatic heterocycles. The van der Waals surface area contributed by atoms with E-state index in [9.17, 15) is 16.8 Å². The molecule has 7 nitrogen and oxygen atoms in total. The molecule has 2 N–H and O–H groups in total. The normalized spacial score (nSPS) is 20.3. The number of hydrogen-bond acceptors (Lipinski definition) is 7. The number of rotatable bonds is 5. The Balaban J connectivity index is 1.66. The number of aromatic nitrogens is 1. The Labute approximate surface area is 138 Å². The van der Waals surface area contributed by atoms with Gasteiger partial charge in [0.2, 0.25) is 0 Å². The monoisotopic (exact) mass is 373 g/mol. The molecule has 1 saturated heterocycles. The topological polar surface area (TPSA) is 105 Å². The largest absolute Gasteiger partial charge is 0.366 e. The van der Waals surface area contributed by atoms with Crippen LogP contribution in [-0.4, -0.2) is 39.4 Å². The highest BCUT2D eigenvalue weighted by atomic mass is 32.2. The summed E-state index contributed by atoms with van der Waals surface area (Å²) in [5, 5.41) is 4.74. The second kappa shape index (κ2) is 6.10. The van der Waals surface area contributed by atoms with Gasteiger partial charge in [0.15, 0.2) is 9.84 Å². The van der Waals surface area contributed by atoms with Crippen molar-refractivity contribution >= 4 is 42.7 Å². The van der Waals surface area contributed by atoms with E-state index >= 15 is 0 Å². The van der Waals surface area contributed by atoms with Gasteiger partial charge < -0.3 is 5.32 Å². The zero-order chi connectivity index (χ0) is 16.5. The number of nitrogens with one attached hydrogen (secondary N) is 2. The lowest BCUT2D eigenvalue weighted by atomic mass is 10.2. The first-order valence-electron chi connectivity index (χ1n) is 6.83. The second-order valence-corrected chi connectivity index (χ2v) is 10.3. The first kappa shape index (κ1) is 16.2. The van der Waals surface area contributed by atoms with Gasteiger partial charge in [-0.25, -0.2) is 21.8 Å². The molecule has 0 amide bonds. The fourth-order valence-electron chi connectivity index (χ4n) is 2.28. The van der Waals surface area contributed by atoms with Crippen LogP contribution >= 0.6 is 11.3 Å². The third-order valence-corrected chi connectivity index (χ3v) is 7.91. The fourth-order valence-corrected chi connectivity index (χ4v) is 5.99. The van der Waals surface area contributed by atoms with Crippen molar-refractivity contribution in [1.82, 2.24) is 4.98 Å². The quantitative estimate of drug-likeness (QED) is 0.824. The first-order valence-corrected chi connectivity index (χ1v) is 11.0. The number of pyridine rings is 1. The first-order chi connectivity index (χ1) is 10.8. The Morgan fingerprint density at radius 1 is 1.26 bits per heavy atom. The van der Waals surface area contributed by atoms with E-state index in [1.54, 1.807) is 23.6 Å². The summed E-state index contributed by atoms with van der Waals surface area (Å²) in [6, 6.07) is 6.25. The Morgan fingerprint density at radius 2 is 2.09 bits per heavy atom. The Hall–Kier alpha value is -1.65. The predicted molar refractivity (Wildman–Crippen MR) is 90.0 cm³/mol. The van der Waals surface area contributed by atoms with Gasteiger partial charge in [-0.2, -0.15) is 0 Å². The van der Waals surface area contributed by atoms with Crippen LogP contribution in [0, 0.1) is 0 Å². The summed E-state index contributed by atoms with van der Waals surface area (Å²) in [6.07, 6.45) is 1.95. The summed E-state index contributed by atoms with van der Waals surface area (Å²) < 4.78 is 49.7.